The molecule has 5 nitrogen and oxygen atoms in total. The number of nitrogens with zero attached hydrogens (tertiary/aromatic N) is 1. The van der Waals surface area contributed by atoms with E-state index in [1.807, 2.05) is 12.1 Å². The van der Waals surface area contributed by atoms with Gasteiger partial charge in [0.25, 0.3) is 0 Å². The Morgan fingerprint density at radius 3 is 3.09 bits per heavy atom. The quantitative estimate of drug-likeness (QED) is 0.709. The van der Waals surface area contributed by atoms with Crippen molar-refractivity contribution in [2.45, 2.75) is 13.3 Å². The number of rotatable bonds is 8. The number of carbonyl (C=O) groups excluding carboxylic acids is 1. The zero-order valence-corrected chi connectivity index (χ0v) is 14.7. The van der Waals surface area contributed by atoms with Crippen LogP contribution in [0.1, 0.15) is 12.0 Å². The molecule has 0 saturated carbocycles. The number of methoxy groups -OCH3 is 1. The lowest BCUT2D eigenvalue weighted by Gasteiger charge is -2.21. The lowest BCUT2D eigenvalue weighted by Crippen LogP contribution is -2.38. The molecule has 1 heterocycles. The zero-order valence-electron chi connectivity index (χ0n) is 13.9. The summed E-state index contributed by atoms with van der Waals surface area (Å²) < 4.78 is 4.93. The Balaban J connectivity index is 1.73. The van der Waals surface area contributed by atoms with E-state index in [9.17, 15) is 4.79 Å². The summed E-state index contributed by atoms with van der Waals surface area (Å²) in [6.45, 7) is 6.44. The number of amides is 1. The molecule has 0 aliphatic carbocycles. The van der Waals surface area contributed by atoms with Gasteiger partial charge in [0.1, 0.15) is 0 Å². The molecule has 1 unspecified atom stereocenters. The number of halogens is 1. The number of ether oxygens (including phenoxy) is 1. The molecular formula is C17H26ClN3O2. The number of anilines is 1. The predicted octanol–water partition coefficient (Wildman–Crippen LogP) is 1.83. The van der Waals surface area contributed by atoms with Crippen LogP contribution >= 0.6 is 11.6 Å². The van der Waals surface area contributed by atoms with Crippen LogP contribution in [0.15, 0.2) is 18.2 Å². The molecule has 0 aromatic heterocycles. The zero-order chi connectivity index (χ0) is 16.7. The van der Waals surface area contributed by atoms with Crippen molar-refractivity contribution < 1.29 is 9.53 Å². The molecule has 2 N–H and O–H groups in total. The molecule has 23 heavy (non-hydrogen) atoms. The summed E-state index contributed by atoms with van der Waals surface area (Å²) in [5, 5.41) is 6.82. The number of nitrogens with one attached hydrogen (secondary N) is 2. The highest BCUT2D eigenvalue weighted by molar-refractivity contribution is 6.30. The highest BCUT2D eigenvalue weighted by Crippen LogP contribution is 2.29. The Labute approximate surface area is 143 Å². The maximum Gasteiger partial charge on any atom is 0.233 e. The normalized spacial score (nSPS) is 17.5. The summed E-state index contributed by atoms with van der Waals surface area (Å²) in [7, 11) is 1.65. The summed E-state index contributed by atoms with van der Waals surface area (Å²) in [5.41, 5.74) is 2.44. The summed E-state index contributed by atoms with van der Waals surface area (Å²) in [6, 6.07) is 6.00. The van der Waals surface area contributed by atoms with Crippen LogP contribution in [0.2, 0.25) is 5.02 Å². The highest BCUT2D eigenvalue weighted by atomic mass is 35.5. The third kappa shape index (κ3) is 5.68. The van der Waals surface area contributed by atoms with Crippen LogP contribution in [0.5, 0.6) is 0 Å². The number of carbonyl (C=O) groups is 1. The average Bonchev–Trinajstić information content (AvgIpc) is 3.00. The van der Waals surface area contributed by atoms with Crippen molar-refractivity contribution >= 4 is 23.2 Å². The Kier molecular flexibility index (Phi) is 7.15. The van der Waals surface area contributed by atoms with E-state index in [2.05, 4.69) is 28.5 Å². The second-order valence-electron chi connectivity index (χ2n) is 6.01. The molecule has 1 aliphatic heterocycles. The molecule has 1 fully saturated rings. The molecule has 1 aromatic rings. The van der Waals surface area contributed by atoms with Gasteiger partial charge in [-0.2, -0.15) is 0 Å². The molecule has 1 aromatic carbocycles. The largest absolute Gasteiger partial charge is 0.383 e. The van der Waals surface area contributed by atoms with Crippen molar-refractivity contribution in [3.05, 3.63) is 28.8 Å². The first-order valence-electron chi connectivity index (χ1n) is 8.07. The van der Waals surface area contributed by atoms with Crippen LogP contribution in [0.4, 0.5) is 5.69 Å². The molecule has 0 spiro atoms. The monoisotopic (exact) mass is 339 g/mol. The average molecular weight is 340 g/mol. The maximum absolute atomic E-state index is 11.8. The van der Waals surface area contributed by atoms with Crippen LogP contribution in [0, 0.1) is 12.8 Å². The van der Waals surface area contributed by atoms with Gasteiger partial charge in [0.2, 0.25) is 5.91 Å². The minimum atomic E-state index is 0.0403. The van der Waals surface area contributed by atoms with Crippen molar-refractivity contribution in [3.63, 3.8) is 0 Å². The molecule has 0 radical (unpaired) electrons. The summed E-state index contributed by atoms with van der Waals surface area (Å²) in [4.78, 5) is 14.1. The van der Waals surface area contributed by atoms with Gasteiger partial charge < -0.3 is 20.3 Å². The molecule has 0 bridgehead atoms. The third-order valence-corrected chi connectivity index (χ3v) is 4.39. The van der Waals surface area contributed by atoms with E-state index in [0.29, 0.717) is 25.6 Å². The standard InChI is InChI=1S/C17H26ClN3O2/c1-13-3-4-15(18)9-16(13)21-7-5-14(12-21)10-20-17(22)11-19-6-8-23-2/h3-4,9,14,19H,5-8,10-12H2,1-2H3,(H,20,22). The van der Waals surface area contributed by atoms with Gasteiger partial charge in [0.05, 0.1) is 13.2 Å². The van der Waals surface area contributed by atoms with Gasteiger partial charge in [0, 0.05) is 44.0 Å². The minimum absolute atomic E-state index is 0.0403. The predicted molar refractivity (Wildman–Crippen MR) is 94.3 cm³/mol. The number of hydrogen-bond donors (Lipinski definition) is 2. The van der Waals surface area contributed by atoms with E-state index < -0.39 is 0 Å². The van der Waals surface area contributed by atoms with Gasteiger partial charge in [-0.15, -0.1) is 0 Å². The molecule has 128 valence electrons. The number of aryl methyl sites for hydroxylation is 1. The van der Waals surface area contributed by atoms with E-state index in [4.69, 9.17) is 16.3 Å². The molecular weight excluding hydrogens is 314 g/mol. The SMILES string of the molecule is COCCNCC(=O)NCC1CCN(c2cc(Cl)ccc2C)C1. The number of benzene rings is 1. The second kappa shape index (κ2) is 9.11. The van der Waals surface area contributed by atoms with Crippen molar-refractivity contribution in [1.29, 1.82) is 0 Å². The molecule has 2 rings (SSSR count). The fourth-order valence-corrected chi connectivity index (χ4v) is 3.00. The summed E-state index contributed by atoms with van der Waals surface area (Å²) in [5.74, 6) is 0.523. The van der Waals surface area contributed by atoms with Crippen LogP contribution in [0.25, 0.3) is 0 Å². The van der Waals surface area contributed by atoms with E-state index in [1.54, 1.807) is 7.11 Å². The summed E-state index contributed by atoms with van der Waals surface area (Å²) >= 11 is 6.11. The van der Waals surface area contributed by atoms with E-state index in [-0.39, 0.29) is 5.91 Å². The molecule has 6 heteroatoms. The first-order chi connectivity index (χ1) is 11.1. The van der Waals surface area contributed by atoms with Gasteiger partial charge in [-0.25, -0.2) is 0 Å². The van der Waals surface area contributed by atoms with E-state index in [1.165, 1.54) is 11.3 Å². The Bertz CT molecular complexity index is 525. The summed E-state index contributed by atoms with van der Waals surface area (Å²) in [6.07, 6.45) is 1.09. The van der Waals surface area contributed by atoms with Crippen molar-refractivity contribution in [2.24, 2.45) is 5.92 Å². The van der Waals surface area contributed by atoms with E-state index >= 15 is 0 Å². The lowest BCUT2D eigenvalue weighted by atomic mass is 10.1. The van der Waals surface area contributed by atoms with Crippen LogP contribution < -0.4 is 15.5 Å². The van der Waals surface area contributed by atoms with Crippen molar-refractivity contribution in [2.75, 3.05) is 51.3 Å². The second-order valence-corrected chi connectivity index (χ2v) is 6.44. The van der Waals surface area contributed by atoms with Gasteiger partial charge >= 0.3 is 0 Å². The smallest absolute Gasteiger partial charge is 0.233 e. The molecule has 1 amide bonds. The maximum atomic E-state index is 11.8. The van der Waals surface area contributed by atoms with E-state index in [0.717, 1.165) is 31.1 Å². The fourth-order valence-electron chi connectivity index (χ4n) is 2.84. The van der Waals surface area contributed by atoms with Gasteiger partial charge in [-0.1, -0.05) is 17.7 Å². The molecule has 1 aliphatic rings. The van der Waals surface area contributed by atoms with Gasteiger partial charge in [-0.05, 0) is 37.0 Å². The van der Waals surface area contributed by atoms with Gasteiger partial charge in [-0.3, -0.25) is 4.79 Å². The highest BCUT2D eigenvalue weighted by Gasteiger charge is 2.24. The van der Waals surface area contributed by atoms with Crippen molar-refractivity contribution in [3.8, 4) is 0 Å². The van der Waals surface area contributed by atoms with Crippen LogP contribution in [-0.2, 0) is 9.53 Å². The molecule has 1 atom stereocenters. The first kappa shape index (κ1) is 18.0. The molecule has 1 saturated heterocycles. The topological polar surface area (TPSA) is 53.6 Å². The Morgan fingerprint density at radius 2 is 2.30 bits per heavy atom. The number of hydrogen-bond acceptors (Lipinski definition) is 4. The first-order valence-corrected chi connectivity index (χ1v) is 8.45. The Morgan fingerprint density at radius 1 is 1.48 bits per heavy atom. The third-order valence-electron chi connectivity index (χ3n) is 4.15. The lowest BCUT2D eigenvalue weighted by molar-refractivity contribution is -0.120. The Hall–Kier alpha value is -1.30. The minimum Gasteiger partial charge on any atom is -0.383 e. The van der Waals surface area contributed by atoms with Crippen molar-refractivity contribution in [1.82, 2.24) is 10.6 Å². The van der Waals surface area contributed by atoms with Gasteiger partial charge in [0.15, 0.2) is 0 Å². The fraction of sp³-hybridized carbons (Fsp3) is 0.588. The van der Waals surface area contributed by atoms with Crippen LogP contribution in [-0.4, -0.2) is 52.3 Å². The van der Waals surface area contributed by atoms with Crippen LogP contribution in [0.3, 0.4) is 0 Å².